The van der Waals surface area contributed by atoms with Crippen molar-refractivity contribution in [1.82, 2.24) is 0 Å². The lowest BCUT2D eigenvalue weighted by molar-refractivity contribution is -0.142. The van der Waals surface area contributed by atoms with Crippen LogP contribution in [-0.4, -0.2) is 12.6 Å². The van der Waals surface area contributed by atoms with Gasteiger partial charge in [-0.3, -0.25) is 4.79 Å². The Labute approximate surface area is 117 Å². The lowest BCUT2D eigenvalue weighted by Crippen LogP contribution is -2.09. The zero-order valence-electron chi connectivity index (χ0n) is 8.73. The third-order valence-electron chi connectivity index (χ3n) is 2.03. The highest BCUT2D eigenvalue weighted by atomic mass is 79.9. The second kappa shape index (κ2) is 6.62. The molecule has 0 spiro atoms. The molecule has 0 unspecified atom stereocenters. The van der Waals surface area contributed by atoms with E-state index in [1.165, 1.54) is 0 Å². The third-order valence-corrected chi connectivity index (χ3v) is 3.83. The molecule has 0 saturated heterocycles. The average Bonchev–Trinajstić information content (AvgIpc) is 2.23. The Morgan fingerprint density at radius 2 is 2.12 bits per heavy atom. The molecule has 88 valence electrons. The molecule has 0 aromatic heterocycles. The normalized spacial score (nSPS) is 10.2. The third kappa shape index (κ3) is 3.75. The van der Waals surface area contributed by atoms with Crippen LogP contribution in [0.25, 0.3) is 0 Å². The summed E-state index contributed by atoms with van der Waals surface area (Å²) in [5, 5.41) is 1.30. The van der Waals surface area contributed by atoms with Crippen LogP contribution in [0.5, 0.6) is 0 Å². The van der Waals surface area contributed by atoms with Crippen LogP contribution < -0.4 is 0 Å². The Bertz CT molecular complexity index is 394. The Hall–Kier alpha value is -0.0600. The van der Waals surface area contributed by atoms with Crippen molar-refractivity contribution in [2.45, 2.75) is 18.7 Å². The van der Waals surface area contributed by atoms with Gasteiger partial charge in [0.15, 0.2) is 0 Å². The van der Waals surface area contributed by atoms with Crippen molar-refractivity contribution in [1.29, 1.82) is 0 Å². The van der Waals surface area contributed by atoms with Gasteiger partial charge in [0.05, 0.1) is 18.1 Å². The van der Waals surface area contributed by atoms with E-state index in [-0.39, 0.29) is 12.4 Å². The highest BCUT2D eigenvalue weighted by Crippen LogP contribution is 2.28. The summed E-state index contributed by atoms with van der Waals surface area (Å²) >= 11 is 12.7. The number of hydrogen-bond donors (Lipinski definition) is 0. The van der Waals surface area contributed by atoms with Crippen LogP contribution in [0.4, 0.5) is 0 Å². The number of esters is 1. The van der Waals surface area contributed by atoms with Crippen LogP contribution in [0.15, 0.2) is 16.6 Å². The zero-order chi connectivity index (χ0) is 12.1. The first kappa shape index (κ1) is 14.0. The molecule has 0 aliphatic heterocycles. The van der Waals surface area contributed by atoms with Gasteiger partial charge < -0.3 is 4.74 Å². The minimum absolute atomic E-state index is 0.223. The summed E-state index contributed by atoms with van der Waals surface area (Å²) < 4.78 is 5.70. The molecule has 0 amide bonds. The van der Waals surface area contributed by atoms with E-state index >= 15 is 0 Å². The maximum absolute atomic E-state index is 11.4. The average molecular weight is 370 g/mol. The maximum Gasteiger partial charge on any atom is 0.310 e. The molecule has 0 bridgehead atoms. The molecule has 0 aliphatic rings. The Morgan fingerprint density at radius 3 is 2.69 bits per heavy atom. The van der Waals surface area contributed by atoms with Crippen molar-refractivity contribution in [3.8, 4) is 0 Å². The molecular weight excluding hydrogens is 359 g/mol. The number of hydrogen-bond acceptors (Lipinski definition) is 2. The SMILES string of the molecule is CCOC(=O)Cc1cc(Br)c(Cl)cc1CBr. The number of ether oxygens (including phenoxy) is 1. The van der Waals surface area contributed by atoms with Crippen LogP contribution in [0.1, 0.15) is 18.1 Å². The fraction of sp³-hybridized carbons (Fsp3) is 0.364. The number of benzene rings is 1. The smallest absolute Gasteiger partial charge is 0.310 e. The van der Waals surface area contributed by atoms with E-state index in [1.807, 2.05) is 12.1 Å². The minimum Gasteiger partial charge on any atom is -0.466 e. The van der Waals surface area contributed by atoms with E-state index in [1.54, 1.807) is 6.92 Å². The van der Waals surface area contributed by atoms with E-state index in [9.17, 15) is 4.79 Å². The molecule has 0 fully saturated rings. The van der Waals surface area contributed by atoms with Crippen molar-refractivity contribution in [3.63, 3.8) is 0 Å². The van der Waals surface area contributed by atoms with E-state index in [2.05, 4.69) is 31.9 Å². The van der Waals surface area contributed by atoms with Crippen LogP contribution in [0, 0.1) is 0 Å². The molecular formula is C11H11Br2ClO2. The highest BCUT2D eigenvalue weighted by molar-refractivity contribution is 9.10. The topological polar surface area (TPSA) is 26.3 Å². The van der Waals surface area contributed by atoms with Crippen molar-refractivity contribution < 1.29 is 9.53 Å². The predicted molar refractivity (Wildman–Crippen MR) is 72.1 cm³/mol. The first-order chi connectivity index (χ1) is 7.58. The summed E-state index contributed by atoms with van der Waals surface area (Å²) in [5.41, 5.74) is 1.92. The summed E-state index contributed by atoms with van der Waals surface area (Å²) in [6, 6.07) is 3.70. The molecule has 5 heteroatoms. The highest BCUT2D eigenvalue weighted by Gasteiger charge is 2.11. The Morgan fingerprint density at radius 1 is 1.44 bits per heavy atom. The van der Waals surface area contributed by atoms with E-state index < -0.39 is 0 Å². The molecule has 2 nitrogen and oxygen atoms in total. The predicted octanol–water partition coefficient (Wildman–Crippen LogP) is 4.10. The number of halogens is 3. The fourth-order valence-electron chi connectivity index (χ4n) is 1.29. The summed E-state index contributed by atoms with van der Waals surface area (Å²) in [5.74, 6) is -0.223. The Kier molecular flexibility index (Phi) is 5.79. The fourth-order valence-corrected chi connectivity index (χ4v) is 2.38. The van der Waals surface area contributed by atoms with Crippen LogP contribution >= 0.6 is 43.5 Å². The lowest BCUT2D eigenvalue weighted by atomic mass is 10.1. The monoisotopic (exact) mass is 368 g/mol. The molecule has 1 aromatic rings. The van der Waals surface area contributed by atoms with Gasteiger partial charge in [-0.1, -0.05) is 27.5 Å². The summed E-state index contributed by atoms with van der Waals surface area (Å²) in [4.78, 5) is 11.4. The van der Waals surface area contributed by atoms with Gasteiger partial charge in [-0.25, -0.2) is 0 Å². The van der Waals surface area contributed by atoms with Gasteiger partial charge in [0.25, 0.3) is 0 Å². The second-order valence-corrected chi connectivity index (χ2v) is 4.97. The minimum atomic E-state index is -0.223. The molecule has 0 heterocycles. The zero-order valence-corrected chi connectivity index (χ0v) is 12.7. The lowest BCUT2D eigenvalue weighted by Gasteiger charge is -2.09. The van der Waals surface area contributed by atoms with Gasteiger partial charge in [0.1, 0.15) is 0 Å². The van der Waals surface area contributed by atoms with Gasteiger partial charge in [-0.05, 0) is 46.1 Å². The standard InChI is InChI=1S/C11H11Br2ClO2/c1-2-16-11(15)5-7-3-9(13)10(14)4-8(7)6-12/h3-4H,2,5-6H2,1H3. The molecule has 1 aromatic carbocycles. The van der Waals surface area contributed by atoms with E-state index in [0.29, 0.717) is 17.0 Å². The van der Waals surface area contributed by atoms with Crippen molar-refractivity contribution in [2.24, 2.45) is 0 Å². The summed E-state index contributed by atoms with van der Waals surface area (Å²) in [6.45, 7) is 2.19. The summed E-state index contributed by atoms with van der Waals surface area (Å²) in [6.07, 6.45) is 0.268. The molecule has 16 heavy (non-hydrogen) atoms. The van der Waals surface area contributed by atoms with Crippen LogP contribution in [0.2, 0.25) is 5.02 Å². The quantitative estimate of drug-likeness (QED) is 0.589. The number of alkyl halides is 1. The Balaban J connectivity index is 2.94. The molecule has 0 aliphatic carbocycles. The second-order valence-electron chi connectivity index (χ2n) is 3.15. The first-order valence-electron chi connectivity index (χ1n) is 4.76. The first-order valence-corrected chi connectivity index (χ1v) is 7.06. The number of carbonyl (C=O) groups excluding carboxylic acids is 1. The van der Waals surface area contributed by atoms with Crippen molar-refractivity contribution >= 4 is 49.4 Å². The molecule has 0 saturated carbocycles. The molecule has 1 rings (SSSR count). The number of carbonyl (C=O) groups is 1. The van der Waals surface area contributed by atoms with Crippen LogP contribution in [-0.2, 0) is 21.3 Å². The molecule has 0 atom stereocenters. The van der Waals surface area contributed by atoms with E-state index in [0.717, 1.165) is 15.6 Å². The molecule has 0 N–H and O–H groups in total. The maximum atomic E-state index is 11.4. The van der Waals surface area contributed by atoms with Crippen LogP contribution in [0.3, 0.4) is 0 Å². The van der Waals surface area contributed by atoms with Gasteiger partial charge in [0, 0.05) is 9.80 Å². The van der Waals surface area contributed by atoms with Gasteiger partial charge in [-0.15, -0.1) is 0 Å². The largest absolute Gasteiger partial charge is 0.466 e. The summed E-state index contributed by atoms with van der Waals surface area (Å²) in [7, 11) is 0. The van der Waals surface area contributed by atoms with E-state index in [4.69, 9.17) is 16.3 Å². The van der Waals surface area contributed by atoms with Gasteiger partial charge >= 0.3 is 5.97 Å². The molecule has 0 radical (unpaired) electrons. The van der Waals surface area contributed by atoms with Crippen molar-refractivity contribution in [3.05, 3.63) is 32.8 Å². The van der Waals surface area contributed by atoms with Gasteiger partial charge in [-0.2, -0.15) is 0 Å². The number of rotatable bonds is 4. The van der Waals surface area contributed by atoms with Gasteiger partial charge in [0.2, 0.25) is 0 Å². The van der Waals surface area contributed by atoms with Crippen molar-refractivity contribution in [2.75, 3.05) is 6.61 Å².